The number of benzene rings is 1. The van der Waals surface area contributed by atoms with E-state index in [4.69, 9.17) is 0 Å². The highest BCUT2D eigenvalue weighted by atomic mass is 32.2. The fourth-order valence-electron chi connectivity index (χ4n) is 3.20. The average Bonchev–Trinajstić information content (AvgIpc) is 2.91. The van der Waals surface area contributed by atoms with Crippen molar-refractivity contribution in [2.24, 2.45) is 4.99 Å². The molecule has 124 valence electrons. The van der Waals surface area contributed by atoms with Gasteiger partial charge in [0, 0.05) is 17.4 Å². The van der Waals surface area contributed by atoms with Crippen molar-refractivity contribution in [3.8, 4) is 0 Å². The minimum absolute atomic E-state index is 0.0533. The zero-order valence-electron chi connectivity index (χ0n) is 13.4. The number of carbonyl (C=O) groups excluding carboxylic acids is 1. The van der Waals surface area contributed by atoms with E-state index in [1.807, 2.05) is 36.9 Å². The Morgan fingerprint density at radius 2 is 1.96 bits per heavy atom. The Kier molecular flexibility index (Phi) is 4.27. The number of anilines is 1. The van der Waals surface area contributed by atoms with Crippen LogP contribution in [0.25, 0.3) is 0 Å². The third kappa shape index (κ3) is 3.04. The summed E-state index contributed by atoms with van der Waals surface area (Å²) in [6.07, 6.45) is 0.346. The predicted molar refractivity (Wildman–Crippen MR) is 94.9 cm³/mol. The summed E-state index contributed by atoms with van der Waals surface area (Å²) in [6, 6.07) is 5.84. The number of thioether (sulfide) groups is 1. The van der Waals surface area contributed by atoms with Gasteiger partial charge in [0.2, 0.25) is 5.91 Å². The molecule has 0 aromatic heterocycles. The monoisotopic (exact) mass is 352 g/mol. The minimum atomic E-state index is -3.03. The zero-order valence-corrected chi connectivity index (χ0v) is 15.1. The lowest BCUT2D eigenvalue weighted by Crippen LogP contribution is -2.38. The molecule has 2 unspecified atom stereocenters. The van der Waals surface area contributed by atoms with Crippen LogP contribution in [0.2, 0.25) is 0 Å². The largest absolute Gasteiger partial charge is 0.315 e. The predicted octanol–water partition coefficient (Wildman–Crippen LogP) is 2.31. The van der Waals surface area contributed by atoms with Crippen LogP contribution in [0, 0.1) is 13.8 Å². The number of nitrogens with zero attached hydrogens (tertiary/aromatic N) is 2. The normalized spacial score (nSPS) is 27.4. The summed E-state index contributed by atoms with van der Waals surface area (Å²) in [5.74, 6) is 0.104. The zero-order chi connectivity index (χ0) is 16.8. The lowest BCUT2D eigenvalue weighted by molar-refractivity contribution is -0.117. The van der Waals surface area contributed by atoms with Gasteiger partial charge in [-0.3, -0.25) is 4.79 Å². The molecule has 2 atom stereocenters. The van der Waals surface area contributed by atoms with Gasteiger partial charge in [0.05, 0.1) is 17.5 Å². The second-order valence-corrected chi connectivity index (χ2v) is 9.41. The molecule has 23 heavy (non-hydrogen) atoms. The van der Waals surface area contributed by atoms with E-state index in [0.29, 0.717) is 11.6 Å². The molecule has 2 heterocycles. The first-order valence-corrected chi connectivity index (χ1v) is 10.4. The molecule has 2 saturated heterocycles. The number of amidine groups is 1. The maximum Gasteiger partial charge on any atom is 0.247 e. The van der Waals surface area contributed by atoms with Gasteiger partial charge in [-0.05, 0) is 25.0 Å². The number of carbonyl (C=O) groups is 1. The summed E-state index contributed by atoms with van der Waals surface area (Å²) in [7, 11) is -3.03. The molecule has 0 saturated carbocycles. The van der Waals surface area contributed by atoms with Crippen molar-refractivity contribution in [1.82, 2.24) is 0 Å². The van der Waals surface area contributed by atoms with Crippen molar-refractivity contribution in [3.63, 3.8) is 0 Å². The lowest BCUT2D eigenvalue weighted by atomic mass is 10.1. The van der Waals surface area contributed by atoms with E-state index >= 15 is 0 Å². The quantitative estimate of drug-likeness (QED) is 0.817. The van der Waals surface area contributed by atoms with Crippen LogP contribution in [0.15, 0.2) is 23.2 Å². The highest BCUT2D eigenvalue weighted by Gasteiger charge is 2.49. The number of hydrogen-bond donors (Lipinski definition) is 0. The minimum Gasteiger partial charge on any atom is -0.315 e. The third-order valence-corrected chi connectivity index (χ3v) is 7.48. The van der Waals surface area contributed by atoms with Crippen LogP contribution in [0.4, 0.5) is 5.69 Å². The van der Waals surface area contributed by atoms with Gasteiger partial charge in [-0.2, -0.15) is 4.99 Å². The Labute approximate surface area is 141 Å². The molecular formula is C16H20N2O3S2. The fraction of sp³-hybridized carbons (Fsp3) is 0.500. The number of aryl methyl sites for hydroxylation is 2. The SMILES string of the molecule is CCC(=O)N=C1SC2CS(=O)(=O)CC2N1c1c(C)cccc1C. The maximum atomic E-state index is 12.0. The number of aliphatic imine (C=N–C) groups is 1. The van der Waals surface area contributed by atoms with Crippen LogP contribution >= 0.6 is 11.8 Å². The van der Waals surface area contributed by atoms with Crippen molar-refractivity contribution < 1.29 is 13.2 Å². The Morgan fingerprint density at radius 1 is 1.30 bits per heavy atom. The van der Waals surface area contributed by atoms with Crippen molar-refractivity contribution in [2.75, 3.05) is 16.4 Å². The van der Waals surface area contributed by atoms with Crippen molar-refractivity contribution in [3.05, 3.63) is 29.3 Å². The van der Waals surface area contributed by atoms with Gasteiger partial charge >= 0.3 is 0 Å². The van der Waals surface area contributed by atoms with Gasteiger partial charge in [-0.15, -0.1) is 0 Å². The summed E-state index contributed by atoms with van der Waals surface area (Å²) in [6.45, 7) is 5.78. The summed E-state index contributed by atoms with van der Waals surface area (Å²) < 4.78 is 24.1. The second kappa shape index (κ2) is 5.94. The molecule has 0 N–H and O–H groups in total. The van der Waals surface area contributed by atoms with E-state index in [-0.39, 0.29) is 28.7 Å². The molecule has 1 amide bonds. The summed E-state index contributed by atoms with van der Waals surface area (Å²) in [5, 5.41) is 0.585. The van der Waals surface area contributed by atoms with Crippen molar-refractivity contribution >= 4 is 38.4 Å². The van der Waals surface area contributed by atoms with Crippen molar-refractivity contribution in [1.29, 1.82) is 0 Å². The Hall–Kier alpha value is -1.34. The summed E-state index contributed by atoms with van der Waals surface area (Å²) >= 11 is 1.42. The number of rotatable bonds is 2. The molecule has 3 rings (SSSR count). The first kappa shape index (κ1) is 16.5. The Balaban J connectivity index is 2.11. The number of hydrogen-bond acceptors (Lipinski definition) is 4. The van der Waals surface area contributed by atoms with Crippen LogP contribution in [0.5, 0.6) is 0 Å². The summed E-state index contributed by atoms with van der Waals surface area (Å²) in [5.41, 5.74) is 3.10. The number of amides is 1. The van der Waals surface area contributed by atoms with Gasteiger partial charge < -0.3 is 4.90 Å². The van der Waals surface area contributed by atoms with Gasteiger partial charge in [0.1, 0.15) is 0 Å². The Bertz CT molecular complexity index is 766. The molecule has 1 aromatic rings. The molecule has 2 fully saturated rings. The number of sulfone groups is 1. The first-order valence-electron chi connectivity index (χ1n) is 7.66. The standard InChI is InChI=1S/C16H20N2O3S2/c1-4-14(19)17-16-18(15-10(2)6-5-7-11(15)3)12-8-23(20,21)9-13(12)22-16/h5-7,12-13H,4,8-9H2,1-3H3. The van der Waals surface area contributed by atoms with Gasteiger partial charge in [-0.1, -0.05) is 36.9 Å². The smallest absolute Gasteiger partial charge is 0.247 e. The molecule has 0 radical (unpaired) electrons. The van der Waals surface area contributed by atoms with E-state index in [2.05, 4.69) is 4.99 Å². The van der Waals surface area contributed by atoms with E-state index in [9.17, 15) is 13.2 Å². The molecule has 0 bridgehead atoms. The van der Waals surface area contributed by atoms with Crippen LogP contribution in [-0.2, 0) is 14.6 Å². The molecule has 2 aliphatic rings. The maximum absolute atomic E-state index is 12.0. The first-order chi connectivity index (χ1) is 10.8. The average molecular weight is 352 g/mol. The van der Waals surface area contributed by atoms with Gasteiger partial charge in [0.25, 0.3) is 0 Å². The van der Waals surface area contributed by atoms with Crippen LogP contribution in [0.1, 0.15) is 24.5 Å². The fourth-order valence-corrected chi connectivity index (χ4v) is 7.11. The van der Waals surface area contributed by atoms with E-state index in [0.717, 1.165) is 16.8 Å². The Morgan fingerprint density at radius 3 is 2.57 bits per heavy atom. The van der Waals surface area contributed by atoms with E-state index < -0.39 is 9.84 Å². The molecule has 0 spiro atoms. The summed E-state index contributed by atoms with van der Waals surface area (Å²) in [4.78, 5) is 18.0. The topological polar surface area (TPSA) is 66.8 Å². The van der Waals surface area contributed by atoms with Crippen LogP contribution in [0.3, 0.4) is 0 Å². The molecule has 5 nitrogen and oxygen atoms in total. The van der Waals surface area contributed by atoms with Crippen molar-refractivity contribution in [2.45, 2.75) is 38.5 Å². The lowest BCUT2D eigenvalue weighted by Gasteiger charge is -2.27. The molecule has 2 aliphatic heterocycles. The van der Waals surface area contributed by atoms with Crippen LogP contribution < -0.4 is 4.90 Å². The number of fused-ring (bicyclic) bond motifs is 1. The second-order valence-electron chi connectivity index (χ2n) is 6.05. The number of para-hydroxylation sites is 1. The van der Waals surface area contributed by atoms with Gasteiger partial charge in [0.15, 0.2) is 15.0 Å². The molecule has 7 heteroatoms. The molecule has 1 aromatic carbocycles. The highest BCUT2D eigenvalue weighted by Crippen LogP contribution is 2.43. The highest BCUT2D eigenvalue weighted by molar-refractivity contribution is 8.16. The van der Waals surface area contributed by atoms with Crippen LogP contribution in [-0.4, -0.2) is 42.3 Å². The molecule has 0 aliphatic carbocycles. The molecular weight excluding hydrogens is 332 g/mol. The van der Waals surface area contributed by atoms with Gasteiger partial charge in [-0.25, -0.2) is 8.42 Å². The van der Waals surface area contributed by atoms with E-state index in [1.54, 1.807) is 6.92 Å². The third-order valence-electron chi connectivity index (χ3n) is 4.27. The van der Waals surface area contributed by atoms with E-state index in [1.165, 1.54) is 11.8 Å².